The zero-order valence-corrected chi connectivity index (χ0v) is 19.7. The average molecular weight is 481 g/mol. The van der Waals surface area contributed by atoms with Crippen molar-refractivity contribution in [3.8, 4) is 0 Å². The number of carbonyl (C=O) groups is 3. The van der Waals surface area contributed by atoms with Gasteiger partial charge in [0.2, 0.25) is 5.91 Å². The quantitative estimate of drug-likeness (QED) is 0.588. The highest BCUT2D eigenvalue weighted by Gasteiger charge is 2.49. The van der Waals surface area contributed by atoms with Crippen LogP contribution in [0, 0.1) is 23.5 Å². The lowest BCUT2D eigenvalue weighted by Crippen LogP contribution is -2.52. The van der Waals surface area contributed by atoms with Crippen LogP contribution in [0.1, 0.15) is 65.7 Å². The molecule has 1 aliphatic carbocycles. The van der Waals surface area contributed by atoms with Crippen molar-refractivity contribution in [2.24, 2.45) is 11.8 Å². The summed E-state index contributed by atoms with van der Waals surface area (Å²) < 4.78 is 27.7. The Bertz CT molecular complexity index is 1110. The molecule has 2 amide bonds. The molecule has 3 aliphatic rings. The smallest absolute Gasteiger partial charge is 0.254 e. The van der Waals surface area contributed by atoms with Crippen LogP contribution in [0.5, 0.6) is 0 Å². The third-order valence-electron chi connectivity index (χ3n) is 8.00. The summed E-state index contributed by atoms with van der Waals surface area (Å²) in [6, 6.07) is 11.6. The molecule has 2 aromatic rings. The number of Topliss-reactive ketones (excluding diaryl/α,β-unsaturated/α-hetero) is 1. The molecule has 0 aromatic heterocycles. The molecule has 0 bridgehead atoms. The molecule has 3 unspecified atom stereocenters. The molecule has 2 aliphatic heterocycles. The van der Waals surface area contributed by atoms with Crippen LogP contribution < -0.4 is 0 Å². The van der Waals surface area contributed by atoms with Gasteiger partial charge in [0.15, 0.2) is 5.78 Å². The van der Waals surface area contributed by atoms with Gasteiger partial charge in [-0.2, -0.15) is 0 Å². The third-order valence-corrected chi connectivity index (χ3v) is 8.00. The van der Waals surface area contributed by atoms with E-state index in [1.54, 1.807) is 17.0 Å². The first kappa shape index (κ1) is 23.6. The molecule has 0 radical (unpaired) electrons. The number of halogens is 2. The van der Waals surface area contributed by atoms with E-state index in [9.17, 15) is 23.2 Å². The fraction of sp³-hybridized carbons (Fsp3) is 0.464. The van der Waals surface area contributed by atoms with Crippen LogP contribution in [0.4, 0.5) is 8.78 Å². The van der Waals surface area contributed by atoms with Crippen LogP contribution in [0.15, 0.2) is 48.5 Å². The summed E-state index contributed by atoms with van der Waals surface area (Å²) in [6.07, 6.45) is 5.60. The van der Waals surface area contributed by atoms with Gasteiger partial charge in [-0.15, -0.1) is 0 Å². The lowest BCUT2D eigenvalue weighted by atomic mass is 9.84. The van der Waals surface area contributed by atoms with Gasteiger partial charge in [0, 0.05) is 30.6 Å². The highest BCUT2D eigenvalue weighted by molar-refractivity contribution is 5.99. The molecule has 0 spiro atoms. The minimum absolute atomic E-state index is 0.0634. The van der Waals surface area contributed by atoms with Crippen LogP contribution in [0.3, 0.4) is 0 Å². The van der Waals surface area contributed by atoms with Gasteiger partial charge >= 0.3 is 0 Å². The monoisotopic (exact) mass is 480 g/mol. The molecule has 3 atom stereocenters. The van der Waals surface area contributed by atoms with Crippen molar-refractivity contribution in [1.82, 2.24) is 9.80 Å². The fourth-order valence-electron chi connectivity index (χ4n) is 6.18. The van der Waals surface area contributed by atoms with E-state index in [-0.39, 0.29) is 23.4 Å². The third kappa shape index (κ3) is 4.60. The Morgan fingerprint density at radius 3 is 2.31 bits per heavy atom. The van der Waals surface area contributed by atoms with Gasteiger partial charge in [-0.05, 0) is 68.4 Å². The lowest BCUT2D eigenvalue weighted by Gasteiger charge is -2.37. The highest BCUT2D eigenvalue weighted by Crippen LogP contribution is 2.41. The van der Waals surface area contributed by atoms with E-state index < -0.39 is 29.4 Å². The molecule has 7 heteroatoms. The standard InChI is InChI=1S/C28H30F2N2O3/c29-21-10-11-23(30)22(17-21)26(33)18-12-14-31(15-13-18)28(35)25-16-20-8-4-5-9-24(20)32(25)27(34)19-6-2-1-3-7-19/h1-3,6-7,10-11,17-18,20,24-25H,4-5,8-9,12-16H2. The van der Waals surface area contributed by atoms with Crippen molar-refractivity contribution in [3.05, 3.63) is 71.3 Å². The lowest BCUT2D eigenvalue weighted by molar-refractivity contribution is -0.136. The van der Waals surface area contributed by atoms with Gasteiger partial charge in [0.25, 0.3) is 5.91 Å². The Morgan fingerprint density at radius 2 is 1.57 bits per heavy atom. The molecule has 35 heavy (non-hydrogen) atoms. The number of hydrogen-bond donors (Lipinski definition) is 0. The summed E-state index contributed by atoms with van der Waals surface area (Å²) in [7, 11) is 0. The van der Waals surface area contributed by atoms with E-state index >= 15 is 0 Å². The first-order valence-electron chi connectivity index (χ1n) is 12.6. The maximum Gasteiger partial charge on any atom is 0.254 e. The molecule has 184 valence electrons. The van der Waals surface area contributed by atoms with Crippen LogP contribution >= 0.6 is 0 Å². The molecule has 1 saturated carbocycles. The average Bonchev–Trinajstić information content (AvgIpc) is 3.29. The zero-order chi connectivity index (χ0) is 24.5. The van der Waals surface area contributed by atoms with Gasteiger partial charge in [0.05, 0.1) is 5.56 Å². The molecule has 3 fully saturated rings. The van der Waals surface area contributed by atoms with E-state index in [1.165, 1.54) is 0 Å². The van der Waals surface area contributed by atoms with E-state index in [0.717, 1.165) is 43.9 Å². The van der Waals surface area contributed by atoms with Crippen molar-refractivity contribution in [1.29, 1.82) is 0 Å². The van der Waals surface area contributed by atoms with Crippen LogP contribution in [0.25, 0.3) is 0 Å². The number of amides is 2. The number of nitrogens with zero attached hydrogens (tertiary/aromatic N) is 2. The normalized spacial score (nSPS) is 24.8. The topological polar surface area (TPSA) is 57.7 Å². The largest absolute Gasteiger partial charge is 0.341 e. The van der Waals surface area contributed by atoms with Gasteiger partial charge in [0.1, 0.15) is 17.7 Å². The Labute approximate surface area is 204 Å². The first-order valence-corrected chi connectivity index (χ1v) is 12.6. The van der Waals surface area contributed by atoms with Crippen LogP contribution in [-0.2, 0) is 4.79 Å². The van der Waals surface area contributed by atoms with Crippen molar-refractivity contribution in [2.75, 3.05) is 13.1 Å². The van der Waals surface area contributed by atoms with Gasteiger partial charge in [-0.3, -0.25) is 14.4 Å². The zero-order valence-electron chi connectivity index (χ0n) is 19.7. The number of carbonyl (C=O) groups excluding carboxylic acids is 3. The van der Waals surface area contributed by atoms with E-state index in [2.05, 4.69) is 0 Å². The minimum Gasteiger partial charge on any atom is -0.341 e. The van der Waals surface area contributed by atoms with Crippen molar-refractivity contribution in [3.63, 3.8) is 0 Å². The van der Waals surface area contributed by atoms with E-state index in [0.29, 0.717) is 43.8 Å². The summed E-state index contributed by atoms with van der Waals surface area (Å²) in [5, 5.41) is 0. The number of rotatable bonds is 4. The second-order valence-electron chi connectivity index (χ2n) is 10.0. The van der Waals surface area contributed by atoms with E-state index in [4.69, 9.17) is 0 Å². The van der Waals surface area contributed by atoms with E-state index in [1.807, 2.05) is 23.1 Å². The molecular weight excluding hydrogens is 450 g/mol. The maximum atomic E-state index is 14.1. The SMILES string of the molecule is O=C(c1cc(F)ccc1F)C1CCN(C(=O)C2CC3CCCCC3N2C(=O)c2ccccc2)CC1. The number of piperidine rings is 1. The summed E-state index contributed by atoms with van der Waals surface area (Å²) in [5.41, 5.74) is 0.368. The van der Waals surface area contributed by atoms with Crippen molar-refractivity contribution < 1.29 is 23.2 Å². The molecule has 5 nitrogen and oxygen atoms in total. The molecular formula is C28H30F2N2O3. The predicted octanol–water partition coefficient (Wildman–Crippen LogP) is 4.86. The molecule has 5 rings (SSSR count). The molecule has 2 saturated heterocycles. The number of ketones is 1. The minimum atomic E-state index is -0.724. The maximum absolute atomic E-state index is 14.1. The summed E-state index contributed by atoms with van der Waals surface area (Å²) in [4.78, 5) is 43.6. The van der Waals surface area contributed by atoms with Crippen LogP contribution in [0.2, 0.25) is 0 Å². The Kier molecular flexibility index (Phi) is 6.67. The predicted molar refractivity (Wildman–Crippen MR) is 127 cm³/mol. The van der Waals surface area contributed by atoms with Gasteiger partial charge in [-0.1, -0.05) is 31.0 Å². The summed E-state index contributed by atoms with van der Waals surface area (Å²) in [6.45, 7) is 0.733. The fourth-order valence-corrected chi connectivity index (χ4v) is 6.18. The number of likely N-dealkylation sites (tertiary alicyclic amines) is 2. The van der Waals surface area contributed by atoms with Crippen molar-refractivity contribution in [2.45, 2.75) is 57.0 Å². The molecule has 2 heterocycles. The number of hydrogen-bond acceptors (Lipinski definition) is 3. The second kappa shape index (κ2) is 9.88. The summed E-state index contributed by atoms with van der Waals surface area (Å²) in [5.74, 6) is -2.06. The van der Waals surface area contributed by atoms with Gasteiger partial charge in [-0.25, -0.2) is 8.78 Å². The van der Waals surface area contributed by atoms with Gasteiger partial charge < -0.3 is 9.80 Å². The Morgan fingerprint density at radius 1 is 0.857 bits per heavy atom. The Hall–Kier alpha value is -3.09. The number of benzene rings is 2. The molecule has 0 N–H and O–H groups in total. The Balaban J connectivity index is 1.30. The van der Waals surface area contributed by atoms with Crippen LogP contribution in [-0.4, -0.2) is 52.6 Å². The van der Waals surface area contributed by atoms with Crippen molar-refractivity contribution >= 4 is 17.6 Å². The second-order valence-corrected chi connectivity index (χ2v) is 10.0. The number of fused-ring (bicyclic) bond motifs is 1. The molecule has 2 aromatic carbocycles. The highest BCUT2D eigenvalue weighted by atomic mass is 19.1. The first-order chi connectivity index (χ1) is 16.9. The summed E-state index contributed by atoms with van der Waals surface area (Å²) >= 11 is 0.